The number of carbonyl (C=O) groups is 1. The fraction of sp³-hybridized carbons (Fsp3) is 0.400. The van der Waals surface area contributed by atoms with Crippen LogP contribution < -0.4 is 5.32 Å². The Morgan fingerprint density at radius 2 is 1.96 bits per heavy atom. The average molecular weight is 402 g/mol. The first-order valence-electron chi connectivity index (χ1n) is 8.94. The maximum Gasteiger partial charge on any atom is 0.413 e. The van der Waals surface area contributed by atoms with E-state index in [2.05, 4.69) is 20.3 Å². The molecular formula is C20H23FN4O2S. The molecule has 8 heteroatoms. The summed E-state index contributed by atoms with van der Waals surface area (Å²) in [4.78, 5) is 24.8. The second-order valence-corrected chi connectivity index (χ2v) is 8.82. The fourth-order valence-electron chi connectivity index (χ4n) is 2.87. The van der Waals surface area contributed by atoms with Crippen molar-refractivity contribution in [2.75, 3.05) is 5.75 Å². The Bertz CT molecular complexity index is 899. The number of aromatic nitrogens is 2. The minimum atomic E-state index is -0.800. The molecule has 28 heavy (non-hydrogen) atoms. The standard InChI is InChI=1S/C20H23FN4O2S/c1-19(2,3)27-18(26)24-17-25-20(4,7-8-28-17)15-9-13(5-6-16(15)21)14-10-22-12-23-11-14/h5-6,9-12H,7-8H2,1-4H3,(H,24,25,26). The van der Waals surface area contributed by atoms with Gasteiger partial charge in [0.25, 0.3) is 0 Å². The van der Waals surface area contributed by atoms with Crippen LogP contribution in [-0.2, 0) is 10.3 Å². The van der Waals surface area contributed by atoms with Gasteiger partial charge >= 0.3 is 6.09 Å². The molecule has 1 aliphatic heterocycles. The average Bonchev–Trinajstić information content (AvgIpc) is 2.61. The minimum absolute atomic E-state index is 0.338. The number of thioether (sulfide) groups is 1. The van der Waals surface area contributed by atoms with E-state index in [4.69, 9.17) is 4.74 Å². The number of ether oxygens (including phenoxy) is 1. The predicted octanol–water partition coefficient (Wildman–Crippen LogP) is 4.52. The summed E-state index contributed by atoms with van der Waals surface area (Å²) in [7, 11) is 0. The number of hydrogen-bond donors (Lipinski definition) is 1. The Hall–Kier alpha value is -2.48. The topological polar surface area (TPSA) is 76.5 Å². The van der Waals surface area contributed by atoms with Crippen molar-refractivity contribution < 1.29 is 13.9 Å². The molecule has 1 aromatic heterocycles. The highest BCUT2D eigenvalue weighted by Gasteiger charge is 2.33. The number of rotatable bonds is 2. The molecule has 1 N–H and O–H groups in total. The van der Waals surface area contributed by atoms with Crippen LogP contribution in [0.3, 0.4) is 0 Å². The van der Waals surface area contributed by atoms with Gasteiger partial charge in [-0.25, -0.2) is 19.2 Å². The molecule has 0 saturated heterocycles. The van der Waals surface area contributed by atoms with Gasteiger partial charge in [-0.1, -0.05) is 17.8 Å². The van der Waals surface area contributed by atoms with Gasteiger partial charge in [0.15, 0.2) is 5.17 Å². The van der Waals surface area contributed by atoms with Gasteiger partial charge in [-0.05, 0) is 51.8 Å². The zero-order valence-corrected chi connectivity index (χ0v) is 17.1. The summed E-state index contributed by atoms with van der Waals surface area (Å²) < 4.78 is 20.0. The van der Waals surface area contributed by atoms with E-state index < -0.39 is 17.2 Å². The van der Waals surface area contributed by atoms with Crippen LogP contribution in [0.5, 0.6) is 0 Å². The molecular weight excluding hydrogens is 379 g/mol. The molecule has 1 aliphatic rings. The highest BCUT2D eigenvalue weighted by atomic mass is 32.2. The van der Waals surface area contributed by atoms with Crippen LogP contribution in [-0.4, -0.2) is 32.6 Å². The molecule has 6 nitrogen and oxygen atoms in total. The van der Waals surface area contributed by atoms with Crippen molar-refractivity contribution in [3.05, 3.63) is 48.3 Å². The number of amidine groups is 1. The Balaban J connectivity index is 1.90. The van der Waals surface area contributed by atoms with Gasteiger partial charge in [-0.3, -0.25) is 10.3 Å². The van der Waals surface area contributed by atoms with Crippen LogP contribution in [0.2, 0.25) is 0 Å². The van der Waals surface area contributed by atoms with Gasteiger partial charge in [0.2, 0.25) is 0 Å². The predicted molar refractivity (Wildman–Crippen MR) is 109 cm³/mol. The normalized spacial score (nSPS) is 19.7. The Morgan fingerprint density at radius 3 is 2.64 bits per heavy atom. The SMILES string of the molecule is CC(C)(C)OC(=O)NC1=NC(C)(c2cc(-c3cncnc3)ccc2F)CCS1. The first-order valence-corrected chi connectivity index (χ1v) is 9.93. The van der Waals surface area contributed by atoms with E-state index in [0.29, 0.717) is 22.9 Å². The summed E-state index contributed by atoms with van der Waals surface area (Å²) in [6.07, 6.45) is 4.89. The molecule has 2 aromatic rings. The lowest BCUT2D eigenvalue weighted by Gasteiger charge is -2.31. The quantitative estimate of drug-likeness (QED) is 0.799. The molecule has 1 atom stereocenters. The first-order chi connectivity index (χ1) is 13.2. The first kappa shape index (κ1) is 20.3. The van der Waals surface area contributed by atoms with Gasteiger partial charge in [0.1, 0.15) is 17.7 Å². The molecule has 0 spiro atoms. The molecule has 148 valence electrons. The third-order valence-corrected chi connectivity index (χ3v) is 5.10. The van der Waals surface area contributed by atoms with Crippen LogP contribution >= 0.6 is 11.8 Å². The van der Waals surface area contributed by atoms with Crippen molar-refractivity contribution in [1.29, 1.82) is 0 Å². The van der Waals surface area contributed by atoms with E-state index in [1.807, 2.05) is 6.92 Å². The second-order valence-electron chi connectivity index (χ2n) is 7.74. The molecule has 0 bridgehead atoms. The number of hydrogen-bond acceptors (Lipinski definition) is 6. The number of amides is 1. The zero-order chi connectivity index (χ0) is 20.4. The van der Waals surface area contributed by atoms with Crippen molar-refractivity contribution in [2.24, 2.45) is 4.99 Å². The lowest BCUT2D eigenvalue weighted by molar-refractivity contribution is 0.0564. The summed E-state index contributed by atoms with van der Waals surface area (Å²) in [6, 6.07) is 4.90. The van der Waals surface area contributed by atoms with Gasteiger partial charge in [-0.15, -0.1) is 0 Å². The van der Waals surface area contributed by atoms with Crippen LogP contribution in [0.15, 0.2) is 41.9 Å². The van der Waals surface area contributed by atoms with E-state index >= 15 is 0 Å². The molecule has 1 aromatic carbocycles. The number of alkyl carbamates (subject to hydrolysis) is 1. The fourth-order valence-corrected chi connectivity index (χ4v) is 3.99. The molecule has 0 aliphatic carbocycles. The monoisotopic (exact) mass is 402 g/mol. The Morgan fingerprint density at radius 1 is 1.25 bits per heavy atom. The zero-order valence-electron chi connectivity index (χ0n) is 16.3. The molecule has 2 heterocycles. The summed E-state index contributed by atoms with van der Waals surface area (Å²) in [5, 5.41) is 3.10. The smallest absolute Gasteiger partial charge is 0.413 e. The maximum atomic E-state index is 14.7. The largest absolute Gasteiger partial charge is 0.444 e. The van der Waals surface area contributed by atoms with Crippen molar-refractivity contribution in [3.8, 4) is 11.1 Å². The number of benzene rings is 1. The number of nitrogens with one attached hydrogen (secondary N) is 1. The van der Waals surface area contributed by atoms with Crippen molar-refractivity contribution in [3.63, 3.8) is 0 Å². The van der Waals surface area contributed by atoms with Crippen LogP contribution in [0, 0.1) is 5.82 Å². The maximum absolute atomic E-state index is 14.7. The van der Waals surface area contributed by atoms with Gasteiger partial charge in [-0.2, -0.15) is 0 Å². The molecule has 0 fully saturated rings. The third kappa shape index (κ3) is 4.86. The van der Waals surface area contributed by atoms with E-state index in [0.717, 1.165) is 11.1 Å². The van der Waals surface area contributed by atoms with Gasteiger partial charge in [0.05, 0.1) is 5.54 Å². The third-order valence-electron chi connectivity index (χ3n) is 4.22. The lowest BCUT2D eigenvalue weighted by Crippen LogP contribution is -2.38. The highest BCUT2D eigenvalue weighted by molar-refractivity contribution is 8.13. The van der Waals surface area contributed by atoms with Crippen LogP contribution in [0.25, 0.3) is 11.1 Å². The van der Waals surface area contributed by atoms with E-state index in [9.17, 15) is 9.18 Å². The molecule has 1 amide bonds. The van der Waals surface area contributed by atoms with Crippen molar-refractivity contribution in [1.82, 2.24) is 15.3 Å². The summed E-state index contributed by atoms with van der Waals surface area (Å²) >= 11 is 1.42. The number of aliphatic imine (C=N–C) groups is 1. The Labute approximate surface area is 168 Å². The molecule has 1 unspecified atom stereocenters. The van der Waals surface area contributed by atoms with Crippen molar-refractivity contribution >= 4 is 23.0 Å². The van der Waals surface area contributed by atoms with Gasteiger partial charge in [0, 0.05) is 29.3 Å². The molecule has 3 rings (SSSR count). The highest BCUT2D eigenvalue weighted by Crippen LogP contribution is 2.38. The Kier molecular flexibility index (Phi) is 5.69. The van der Waals surface area contributed by atoms with Crippen molar-refractivity contribution in [2.45, 2.75) is 45.3 Å². The number of halogens is 1. The van der Waals surface area contributed by atoms with Gasteiger partial charge < -0.3 is 4.74 Å². The van der Waals surface area contributed by atoms with E-state index in [1.54, 1.807) is 45.3 Å². The summed E-state index contributed by atoms with van der Waals surface area (Å²) in [5.74, 6) is 0.360. The number of nitrogens with zero attached hydrogens (tertiary/aromatic N) is 3. The van der Waals surface area contributed by atoms with E-state index in [1.165, 1.54) is 24.2 Å². The van der Waals surface area contributed by atoms with E-state index in [-0.39, 0.29) is 5.82 Å². The minimum Gasteiger partial charge on any atom is -0.444 e. The molecule has 0 radical (unpaired) electrons. The molecule has 0 saturated carbocycles. The summed E-state index contributed by atoms with van der Waals surface area (Å²) in [5.41, 5.74) is 0.677. The van der Waals surface area contributed by atoms with Crippen LogP contribution in [0.4, 0.5) is 9.18 Å². The number of carbonyl (C=O) groups excluding carboxylic acids is 1. The lowest BCUT2D eigenvalue weighted by atomic mass is 9.87. The second kappa shape index (κ2) is 7.87. The van der Waals surface area contributed by atoms with Crippen LogP contribution in [0.1, 0.15) is 39.7 Å². The summed E-state index contributed by atoms with van der Waals surface area (Å²) in [6.45, 7) is 7.25.